The molecule has 2 aliphatic carbocycles. The van der Waals surface area contributed by atoms with Gasteiger partial charge in [0.05, 0.1) is 5.69 Å². The van der Waals surface area contributed by atoms with Crippen LogP contribution in [-0.2, 0) is 11.2 Å². The molecule has 0 aromatic carbocycles. The summed E-state index contributed by atoms with van der Waals surface area (Å²) in [5.74, 6) is -0.435. The maximum absolute atomic E-state index is 11.2. The molecule has 4 nitrogen and oxygen atoms in total. The highest BCUT2D eigenvalue weighted by molar-refractivity contribution is 7.15. The number of aromatic nitrogens is 1. The minimum absolute atomic E-state index is 0.384. The Morgan fingerprint density at radius 1 is 1.37 bits per heavy atom. The quantitative estimate of drug-likeness (QED) is 0.892. The van der Waals surface area contributed by atoms with Crippen LogP contribution in [-0.4, -0.2) is 22.1 Å². The van der Waals surface area contributed by atoms with E-state index in [1.54, 1.807) is 11.3 Å². The molecule has 0 saturated heterocycles. The smallest absolute Gasteiger partial charge is 0.312 e. The number of rotatable bonds is 3. The van der Waals surface area contributed by atoms with E-state index in [0.29, 0.717) is 18.4 Å². The number of aryl methyl sites for hydroxylation is 1. The number of hydrogen-bond acceptors (Lipinski definition) is 4. The van der Waals surface area contributed by atoms with Gasteiger partial charge in [0.2, 0.25) is 0 Å². The third-order valence-corrected chi connectivity index (χ3v) is 5.50. The van der Waals surface area contributed by atoms with Crippen LogP contribution in [0.5, 0.6) is 0 Å². The van der Waals surface area contributed by atoms with Gasteiger partial charge >= 0.3 is 5.97 Å². The Hall–Kier alpha value is -1.10. The highest BCUT2D eigenvalue weighted by Crippen LogP contribution is 2.39. The van der Waals surface area contributed by atoms with E-state index >= 15 is 0 Å². The summed E-state index contributed by atoms with van der Waals surface area (Å²) in [7, 11) is 0. The molecule has 0 aliphatic heterocycles. The Bertz CT molecular complexity index is 486. The van der Waals surface area contributed by atoms with Gasteiger partial charge in [0, 0.05) is 10.9 Å². The van der Waals surface area contributed by atoms with Gasteiger partial charge in [0.15, 0.2) is 5.13 Å². The molecule has 2 N–H and O–H groups in total. The monoisotopic (exact) mass is 280 g/mol. The largest absolute Gasteiger partial charge is 0.481 e. The van der Waals surface area contributed by atoms with Gasteiger partial charge in [-0.25, -0.2) is 4.98 Å². The maximum Gasteiger partial charge on any atom is 0.312 e. The molecule has 1 aromatic heterocycles. The summed E-state index contributed by atoms with van der Waals surface area (Å²) < 4.78 is 0. The number of nitrogens with one attached hydrogen (secondary N) is 1. The third-order valence-electron chi connectivity index (χ3n) is 4.44. The SMILES string of the molecule is CC1CCCCC1Nc1nc2c(s1)CCC2C(=O)O. The van der Waals surface area contributed by atoms with Crippen LogP contribution in [0, 0.1) is 5.92 Å². The van der Waals surface area contributed by atoms with Crippen molar-refractivity contribution >= 4 is 22.4 Å². The number of carboxylic acid groups (broad SMARTS) is 1. The molecule has 104 valence electrons. The summed E-state index contributed by atoms with van der Waals surface area (Å²) >= 11 is 1.65. The zero-order valence-corrected chi connectivity index (χ0v) is 12.0. The van der Waals surface area contributed by atoms with Gasteiger partial charge < -0.3 is 10.4 Å². The zero-order valence-electron chi connectivity index (χ0n) is 11.2. The Morgan fingerprint density at radius 2 is 2.16 bits per heavy atom. The second-order valence-electron chi connectivity index (χ2n) is 5.77. The van der Waals surface area contributed by atoms with E-state index < -0.39 is 5.97 Å². The van der Waals surface area contributed by atoms with E-state index in [0.717, 1.165) is 17.2 Å². The number of hydrogen-bond donors (Lipinski definition) is 2. The van der Waals surface area contributed by atoms with Gasteiger partial charge in [-0.05, 0) is 31.6 Å². The molecule has 0 amide bonds. The fourth-order valence-electron chi connectivity index (χ4n) is 3.22. The summed E-state index contributed by atoms with van der Waals surface area (Å²) in [6, 6.07) is 0.503. The Balaban J connectivity index is 1.73. The lowest BCUT2D eigenvalue weighted by Gasteiger charge is -2.29. The topological polar surface area (TPSA) is 62.2 Å². The molecule has 0 radical (unpaired) electrons. The molecule has 3 atom stereocenters. The number of carboxylic acids is 1. The molecule has 2 aliphatic rings. The summed E-state index contributed by atoms with van der Waals surface area (Å²) in [4.78, 5) is 16.9. The highest BCUT2D eigenvalue weighted by atomic mass is 32.1. The summed E-state index contributed by atoms with van der Waals surface area (Å²) in [6.45, 7) is 2.29. The van der Waals surface area contributed by atoms with Crippen LogP contribution in [0.3, 0.4) is 0 Å². The van der Waals surface area contributed by atoms with Crippen LogP contribution in [0.25, 0.3) is 0 Å². The zero-order chi connectivity index (χ0) is 13.4. The molecule has 0 spiro atoms. The van der Waals surface area contributed by atoms with Crippen molar-refractivity contribution in [2.75, 3.05) is 5.32 Å². The van der Waals surface area contributed by atoms with Crippen molar-refractivity contribution in [3.8, 4) is 0 Å². The van der Waals surface area contributed by atoms with Crippen molar-refractivity contribution in [3.63, 3.8) is 0 Å². The summed E-state index contributed by atoms with van der Waals surface area (Å²) in [5, 5.41) is 13.6. The molecular formula is C14H20N2O2S. The summed E-state index contributed by atoms with van der Waals surface area (Å²) in [6.07, 6.45) is 6.67. The van der Waals surface area contributed by atoms with Crippen LogP contribution < -0.4 is 5.32 Å². The van der Waals surface area contributed by atoms with E-state index in [9.17, 15) is 9.90 Å². The molecule has 1 fully saturated rings. The van der Waals surface area contributed by atoms with Crippen LogP contribution in [0.2, 0.25) is 0 Å². The number of carbonyl (C=O) groups is 1. The van der Waals surface area contributed by atoms with Crippen molar-refractivity contribution in [2.24, 2.45) is 5.92 Å². The minimum Gasteiger partial charge on any atom is -0.481 e. The molecule has 1 saturated carbocycles. The van der Waals surface area contributed by atoms with Gasteiger partial charge in [0.25, 0.3) is 0 Å². The van der Waals surface area contributed by atoms with Crippen LogP contribution in [0.4, 0.5) is 5.13 Å². The first-order chi connectivity index (χ1) is 9.15. The average molecular weight is 280 g/mol. The first kappa shape index (κ1) is 12.9. The molecule has 3 rings (SSSR count). The molecule has 3 unspecified atom stereocenters. The fraction of sp³-hybridized carbons (Fsp3) is 0.714. The second-order valence-corrected chi connectivity index (χ2v) is 6.85. The van der Waals surface area contributed by atoms with E-state index in [-0.39, 0.29) is 5.92 Å². The lowest BCUT2D eigenvalue weighted by molar-refractivity contribution is -0.138. The number of nitrogens with zero attached hydrogens (tertiary/aromatic N) is 1. The highest BCUT2D eigenvalue weighted by Gasteiger charge is 2.33. The Morgan fingerprint density at radius 3 is 2.89 bits per heavy atom. The predicted molar refractivity (Wildman–Crippen MR) is 75.9 cm³/mol. The van der Waals surface area contributed by atoms with Crippen molar-refractivity contribution in [3.05, 3.63) is 10.6 Å². The normalized spacial score (nSPS) is 30.1. The Kier molecular flexibility index (Phi) is 3.48. The first-order valence-electron chi connectivity index (χ1n) is 7.14. The summed E-state index contributed by atoms with van der Waals surface area (Å²) in [5.41, 5.74) is 0.809. The predicted octanol–water partition coefficient (Wildman–Crippen LogP) is 3.25. The van der Waals surface area contributed by atoms with E-state index in [4.69, 9.17) is 0 Å². The van der Waals surface area contributed by atoms with Gasteiger partial charge in [-0.2, -0.15) is 0 Å². The third kappa shape index (κ3) is 2.48. The van der Waals surface area contributed by atoms with Crippen molar-refractivity contribution < 1.29 is 9.90 Å². The lowest BCUT2D eigenvalue weighted by atomic mass is 9.86. The average Bonchev–Trinajstić information content (AvgIpc) is 2.91. The van der Waals surface area contributed by atoms with Gasteiger partial charge in [0.1, 0.15) is 5.92 Å². The van der Waals surface area contributed by atoms with Gasteiger partial charge in [-0.15, -0.1) is 11.3 Å². The fourth-order valence-corrected chi connectivity index (χ4v) is 4.32. The van der Waals surface area contributed by atoms with E-state index in [1.807, 2.05) is 0 Å². The number of thiazole rings is 1. The minimum atomic E-state index is -0.735. The number of anilines is 1. The molecule has 1 aromatic rings. The van der Waals surface area contributed by atoms with Crippen molar-refractivity contribution in [1.82, 2.24) is 4.98 Å². The molecule has 19 heavy (non-hydrogen) atoms. The molecule has 0 bridgehead atoms. The van der Waals surface area contributed by atoms with Gasteiger partial charge in [-0.1, -0.05) is 19.8 Å². The van der Waals surface area contributed by atoms with E-state index in [1.165, 1.54) is 30.6 Å². The van der Waals surface area contributed by atoms with Crippen molar-refractivity contribution in [1.29, 1.82) is 0 Å². The standard InChI is InChI=1S/C14H20N2O2S/c1-8-4-2-3-5-10(8)15-14-16-12-9(13(17)18)6-7-11(12)19-14/h8-10H,2-7H2,1H3,(H,15,16)(H,17,18). The maximum atomic E-state index is 11.2. The second kappa shape index (κ2) is 5.12. The first-order valence-corrected chi connectivity index (χ1v) is 7.95. The molecule has 1 heterocycles. The van der Waals surface area contributed by atoms with E-state index in [2.05, 4.69) is 17.2 Å². The number of fused-ring (bicyclic) bond motifs is 1. The van der Waals surface area contributed by atoms with Crippen LogP contribution in [0.15, 0.2) is 0 Å². The lowest BCUT2D eigenvalue weighted by Crippen LogP contribution is -2.30. The van der Waals surface area contributed by atoms with Gasteiger partial charge in [-0.3, -0.25) is 4.79 Å². The molecular weight excluding hydrogens is 260 g/mol. The van der Waals surface area contributed by atoms with Crippen molar-refractivity contribution in [2.45, 2.75) is 57.4 Å². The van der Waals surface area contributed by atoms with Crippen LogP contribution >= 0.6 is 11.3 Å². The Labute approximate surface area is 117 Å². The number of aliphatic carboxylic acids is 1. The molecule has 5 heteroatoms. The van der Waals surface area contributed by atoms with Crippen LogP contribution in [0.1, 0.15) is 55.5 Å².